The monoisotopic (exact) mass is 328 g/mol. The Morgan fingerprint density at radius 2 is 1.76 bits per heavy atom. The first-order valence-electron chi connectivity index (χ1n) is 9.49. The van der Waals surface area contributed by atoms with Crippen LogP contribution in [-0.2, 0) is 11.0 Å². The normalized spacial score (nSPS) is 29.3. The van der Waals surface area contributed by atoms with Crippen molar-refractivity contribution in [3.05, 3.63) is 65.9 Å². The fourth-order valence-electron chi connectivity index (χ4n) is 5.45. The number of hydrogen-bond donors (Lipinski definition) is 0. The van der Waals surface area contributed by atoms with E-state index in [4.69, 9.17) is 0 Å². The summed E-state index contributed by atoms with van der Waals surface area (Å²) in [6, 6.07) is 18.4. The van der Waals surface area contributed by atoms with E-state index in [1.165, 1.54) is 33.2 Å². The molecular weight excluding hydrogens is 302 g/mol. The summed E-state index contributed by atoms with van der Waals surface area (Å²) in [5.74, 6) is 1.18. The number of benzene rings is 2. The van der Waals surface area contributed by atoms with Gasteiger partial charge in [0.05, 0.1) is 16.4 Å². The van der Waals surface area contributed by atoms with Gasteiger partial charge in [0.25, 0.3) is 0 Å². The molecule has 2 aliphatic rings. The Bertz CT molecular complexity index is 1030. The van der Waals surface area contributed by atoms with Crippen molar-refractivity contribution in [2.45, 2.75) is 51.5 Å². The van der Waals surface area contributed by atoms with Crippen LogP contribution < -0.4 is 4.57 Å². The average Bonchev–Trinajstić information content (AvgIpc) is 3.09. The molecule has 1 saturated carbocycles. The summed E-state index contributed by atoms with van der Waals surface area (Å²) in [4.78, 5) is 0. The van der Waals surface area contributed by atoms with E-state index in [0.717, 1.165) is 0 Å². The van der Waals surface area contributed by atoms with Crippen LogP contribution in [0, 0.1) is 5.92 Å². The van der Waals surface area contributed by atoms with Gasteiger partial charge in [0.15, 0.2) is 11.7 Å². The molecule has 25 heavy (non-hydrogen) atoms. The lowest BCUT2D eigenvalue weighted by molar-refractivity contribution is -0.733. The minimum Gasteiger partial charge on any atom is -0.191 e. The van der Waals surface area contributed by atoms with E-state index in [0.29, 0.717) is 11.8 Å². The molecule has 0 saturated heterocycles. The Morgan fingerprint density at radius 3 is 2.52 bits per heavy atom. The maximum absolute atomic E-state index is 2.58. The van der Waals surface area contributed by atoms with Gasteiger partial charge in [0.2, 0.25) is 5.69 Å². The van der Waals surface area contributed by atoms with Gasteiger partial charge in [-0.05, 0) is 41.5 Å². The Kier molecular flexibility index (Phi) is 2.73. The molecule has 1 fully saturated rings. The molecule has 126 valence electrons. The molecule has 3 unspecified atom stereocenters. The molecule has 1 aliphatic heterocycles. The van der Waals surface area contributed by atoms with Gasteiger partial charge < -0.3 is 0 Å². The smallest absolute Gasteiger partial charge is 0.191 e. The van der Waals surface area contributed by atoms with Gasteiger partial charge in [0.1, 0.15) is 0 Å². The fraction of sp³-hybridized carbons (Fsp3) is 0.375. The molecule has 1 nitrogen and oxygen atoms in total. The predicted molar refractivity (Wildman–Crippen MR) is 104 cm³/mol. The molecule has 1 aliphatic carbocycles. The molecule has 0 spiro atoms. The van der Waals surface area contributed by atoms with Gasteiger partial charge in [-0.1, -0.05) is 51.1 Å². The van der Waals surface area contributed by atoms with Crippen LogP contribution in [0.15, 0.2) is 54.7 Å². The standard InChI is InChI=1S/C24H26N/c1-15(2)18-11-10-17-12-13-25-22(20(17)14-18)19-8-6-7-9-21(19)23(4)16(3)24(23,25)5/h6-16H,1-5H3/q+1. The summed E-state index contributed by atoms with van der Waals surface area (Å²) in [5.41, 5.74) is 6.15. The minimum atomic E-state index is 0.165. The van der Waals surface area contributed by atoms with Crippen molar-refractivity contribution < 1.29 is 4.57 Å². The Hall–Kier alpha value is -2.15. The first-order valence-corrected chi connectivity index (χ1v) is 9.49. The molecule has 1 heteroatoms. The molecule has 1 aromatic heterocycles. The Morgan fingerprint density at radius 1 is 1.00 bits per heavy atom. The molecule has 3 aromatic rings. The summed E-state index contributed by atoms with van der Waals surface area (Å²) in [6.45, 7) is 11.8. The SMILES string of the molecule is CC(C)c1ccc2cc[n+]3c(c2c1)-c1ccccc1C1(C)C(C)C31C. The van der Waals surface area contributed by atoms with Gasteiger partial charge in [0, 0.05) is 18.9 Å². The van der Waals surface area contributed by atoms with Crippen molar-refractivity contribution in [1.29, 1.82) is 0 Å². The molecule has 2 aromatic carbocycles. The highest BCUT2D eigenvalue weighted by atomic mass is 15.2. The second-order valence-corrected chi connectivity index (χ2v) is 8.65. The molecule has 0 radical (unpaired) electrons. The number of fused-ring (bicyclic) bond motifs is 8. The number of aromatic nitrogens is 1. The zero-order chi connectivity index (χ0) is 17.6. The van der Waals surface area contributed by atoms with Crippen molar-refractivity contribution in [3.8, 4) is 11.3 Å². The van der Waals surface area contributed by atoms with E-state index in [1.54, 1.807) is 0 Å². The largest absolute Gasteiger partial charge is 0.221 e. The van der Waals surface area contributed by atoms with Crippen molar-refractivity contribution in [2.24, 2.45) is 5.92 Å². The van der Waals surface area contributed by atoms with E-state index in [-0.39, 0.29) is 11.0 Å². The minimum absolute atomic E-state index is 0.165. The molecular formula is C24H26N+. The molecule has 0 N–H and O–H groups in total. The maximum atomic E-state index is 2.58. The van der Waals surface area contributed by atoms with Gasteiger partial charge in [-0.25, -0.2) is 0 Å². The van der Waals surface area contributed by atoms with E-state index in [9.17, 15) is 0 Å². The first-order chi connectivity index (χ1) is 11.9. The third-order valence-corrected chi connectivity index (χ3v) is 7.56. The van der Waals surface area contributed by atoms with E-state index in [2.05, 4.69) is 93.9 Å². The lowest BCUT2D eigenvalue weighted by atomic mass is 9.82. The van der Waals surface area contributed by atoms with E-state index in [1.807, 2.05) is 0 Å². The quantitative estimate of drug-likeness (QED) is 0.515. The second-order valence-electron chi connectivity index (χ2n) is 8.65. The van der Waals surface area contributed by atoms with Crippen LogP contribution in [0.3, 0.4) is 0 Å². The van der Waals surface area contributed by atoms with E-state index >= 15 is 0 Å². The number of nitrogens with zero attached hydrogens (tertiary/aromatic N) is 1. The molecule has 0 bridgehead atoms. The first kappa shape index (κ1) is 15.1. The van der Waals surface area contributed by atoms with Gasteiger partial charge in [-0.2, -0.15) is 4.57 Å². The molecule has 2 heterocycles. The van der Waals surface area contributed by atoms with Gasteiger partial charge in [-0.3, -0.25) is 0 Å². The number of hydrogen-bond acceptors (Lipinski definition) is 0. The van der Waals surface area contributed by atoms with Gasteiger partial charge >= 0.3 is 0 Å². The Labute approximate surface area is 150 Å². The summed E-state index contributed by atoms with van der Waals surface area (Å²) >= 11 is 0. The fourth-order valence-corrected chi connectivity index (χ4v) is 5.45. The molecule has 3 atom stereocenters. The van der Waals surface area contributed by atoms with Crippen molar-refractivity contribution in [2.75, 3.05) is 0 Å². The summed E-state index contributed by atoms with van der Waals surface area (Å²) in [6.07, 6.45) is 2.32. The van der Waals surface area contributed by atoms with Crippen LogP contribution in [0.4, 0.5) is 0 Å². The van der Waals surface area contributed by atoms with Crippen LogP contribution in [0.1, 0.15) is 51.7 Å². The maximum Gasteiger partial charge on any atom is 0.221 e. The van der Waals surface area contributed by atoms with Crippen molar-refractivity contribution in [3.63, 3.8) is 0 Å². The highest BCUT2D eigenvalue weighted by Crippen LogP contribution is 2.68. The van der Waals surface area contributed by atoms with E-state index < -0.39 is 0 Å². The van der Waals surface area contributed by atoms with Crippen LogP contribution in [0.5, 0.6) is 0 Å². The summed E-state index contributed by atoms with van der Waals surface area (Å²) in [7, 11) is 0. The zero-order valence-electron chi connectivity index (χ0n) is 15.8. The van der Waals surface area contributed by atoms with Crippen LogP contribution in [0.2, 0.25) is 0 Å². The highest BCUT2D eigenvalue weighted by molar-refractivity contribution is 5.95. The highest BCUT2D eigenvalue weighted by Gasteiger charge is 2.79. The topological polar surface area (TPSA) is 3.88 Å². The lowest BCUT2D eigenvalue weighted by Crippen LogP contribution is -2.53. The third kappa shape index (κ3) is 1.58. The van der Waals surface area contributed by atoms with Crippen molar-refractivity contribution in [1.82, 2.24) is 0 Å². The van der Waals surface area contributed by atoms with Gasteiger partial charge in [-0.15, -0.1) is 0 Å². The number of pyridine rings is 1. The zero-order valence-corrected chi connectivity index (χ0v) is 15.8. The Balaban J connectivity index is 1.94. The van der Waals surface area contributed by atoms with Crippen LogP contribution in [-0.4, -0.2) is 0 Å². The molecule has 0 amide bonds. The van der Waals surface area contributed by atoms with Crippen LogP contribution >= 0.6 is 0 Å². The molecule has 5 rings (SSSR count). The number of rotatable bonds is 1. The summed E-state index contributed by atoms with van der Waals surface area (Å²) in [5, 5.41) is 2.73. The second kappa shape index (κ2) is 4.52. The third-order valence-electron chi connectivity index (χ3n) is 7.56. The lowest BCUT2D eigenvalue weighted by Gasteiger charge is -2.26. The summed E-state index contributed by atoms with van der Waals surface area (Å²) < 4.78 is 2.58. The van der Waals surface area contributed by atoms with Crippen molar-refractivity contribution >= 4 is 10.8 Å². The van der Waals surface area contributed by atoms with Crippen LogP contribution in [0.25, 0.3) is 22.0 Å². The average molecular weight is 328 g/mol. The predicted octanol–water partition coefficient (Wildman–Crippen LogP) is 5.55.